The second-order valence-corrected chi connectivity index (χ2v) is 8.02. The standard InChI is InChI=1S/C21H23ClN2O3/c1-21(2,3)27-20(26)23-17-11-15-9-10-16(22)12-18(15)24(19(17)25)13-14-7-5-4-6-8-14/h4-10,12,17H,11,13H2,1-3H3,(H,23,26)/t17-/m1/s1. The first-order chi connectivity index (χ1) is 12.7. The lowest BCUT2D eigenvalue weighted by Crippen LogP contribution is -2.53. The lowest BCUT2D eigenvalue weighted by molar-refractivity contribution is -0.121. The van der Waals surface area contributed by atoms with Crippen molar-refractivity contribution in [3.05, 3.63) is 64.7 Å². The highest BCUT2D eigenvalue weighted by molar-refractivity contribution is 6.31. The number of hydrogen-bond acceptors (Lipinski definition) is 3. The van der Waals surface area contributed by atoms with Crippen LogP contribution in [0, 0.1) is 0 Å². The van der Waals surface area contributed by atoms with Crippen LogP contribution >= 0.6 is 11.6 Å². The van der Waals surface area contributed by atoms with E-state index in [1.165, 1.54) is 0 Å². The first-order valence-electron chi connectivity index (χ1n) is 8.86. The van der Waals surface area contributed by atoms with Gasteiger partial charge in [-0.3, -0.25) is 4.79 Å². The van der Waals surface area contributed by atoms with Crippen molar-refractivity contribution < 1.29 is 14.3 Å². The van der Waals surface area contributed by atoms with Gasteiger partial charge in [-0.25, -0.2) is 4.79 Å². The molecule has 5 nitrogen and oxygen atoms in total. The molecule has 142 valence electrons. The van der Waals surface area contributed by atoms with Crippen molar-refractivity contribution in [2.24, 2.45) is 0 Å². The molecule has 2 amide bonds. The number of rotatable bonds is 3. The third-order valence-corrected chi connectivity index (χ3v) is 4.44. The molecular formula is C21H23ClN2O3. The number of hydrogen-bond donors (Lipinski definition) is 1. The number of anilines is 1. The predicted octanol–water partition coefficient (Wildman–Crippen LogP) is 4.32. The highest BCUT2D eigenvalue weighted by atomic mass is 35.5. The van der Waals surface area contributed by atoms with E-state index in [2.05, 4.69) is 5.32 Å². The van der Waals surface area contributed by atoms with Crippen molar-refractivity contribution in [2.75, 3.05) is 4.90 Å². The second-order valence-electron chi connectivity index (χ2n) is 7.59. The molecule has 0 fully saturated rings. The molecule has 1 atom stereocenters. The maximum Gasteiger partial charge on any atom is 0.408 e. The summed E-state index contributed by atoms with van der Waals surface area (Å²) in [4.78, 5) is 27.0. The van der Waals surface area contributed by atoms with Gasteiger partial charge in [0, 0.05) is 17.1 Å². The molecule has 0 unspecified atom stereocenters. The smallest absolute Gasteiger partial charge is 0.408 e. The maximum atomic E-state index is 13.1. The number of carbonyl (C=O) groups is 2. The van der Waals surface area contributed by atoms with Crippen molar-refractivity contribution >= 4 is 29.3 Å². The van der Waals surface area contributed by atoms with Crippen LogP contribution in [0.2, 0.25) is 5.02 Å². The van der Waals surface area contributed by atoms with Crippen LogP contribution < -0.4 is 10.2 Å². The number of nitrogens with zero attached hydrogens (tertiary/aromatic N) is 1. The number of ether oxygens (including phenoxy) is 1. The van der Waals surface area contributed by atoms with Gasteiger partial charge in [0.05, 0.1) is 6.54 Å². The Kier molecular flexibility index (Phi) is 5.42. The Hall–Kier alpha value is -2.53. The van der Waals surface area contributed by atoms with Gasteiger partial charge in [-0.2, -0.15) is 0 Å². The molecule has 0 radical (unpaired) electrons. The Morgan fingerprint density at radius 2 is 1.93 bits per heavy atom. The zero-order valence-corrected chi connectivity index (χ0v) is 16.4. The van der Waals surface area contributed by atoms with Crippen molar-refractivity contribution in [2.45, 2.75) is 45.4 Å². The number of alkyl carbamates (subject to hydrolysis) is 1. The number of benzene rings is 2. The first-order valence-corrected chi connectivity index (χ1v) is 9.24. The Morgan fingerprint density at radius 1 is 1.22 bits per heavy atom. The number of carbonyl (C=O) groups excluding carboxylic acids is 2. The normalized spacial score (nSPS) is 16.7. The SMILES string of the molecule is CC(C)(C)OC(=O)N[C@@H]1Cc2ccc(Cl)cc2N(Cc2ccccc2)C1=O. The molecule has 1 aliphatic heterocycles. The molecule has 2 aromatic rings. The molecule has 0 aromatic heterocycles. The molecule has 1 N–H and O–H groups in total. The topological polar surface area (TPSA) is 58.6 Å². The molecule has 3 rings (SSSR count). The molecule has 0 bridgehead atoms. The summed E-state index contributed by atoms with van der Waals surface area (Å²) in [5, 5.41) is 3.28. The fourth-order valence-electron chi connectivity index (χ4n) is 3.07. The third-order valence-electron chi connectivity index (χ3n) is 4.20. The Balaban J connectivity index is 1.88. The summed E-state index contributed by atoms with van der Waals surface area (Å²) < 4.78 is 5.31. The van der Waals surface area contributed by atoms with Crippen LogP contribution in [0.3, 0.4) is 0 Å². The average molecular weight is 387 g/mol. The van der Waals surface area contributed by atoms with Crippen LogP contribution in [0.5, 0.6) is 0 Å². The molecule has 0 aliphatic carbocycles. The molecule has 27 heavy (non-hydrogen) atoms. The van der Waals surface area contributed by atoms with Gasteiger partial charge in [0.25, 0.3) is 0 Å². The molecular weight excluding hydrogens is 364 g/mol. The third kappa shape index (κ3) is 4.80. The van der Waals surface area contributed by atoms with Gasteiger partial charge in [0.15, 0.2) is 0 Å². The first kappa shape index (κ1) is 19.2. The van der Waals surface area contributed by atoms with Crippen molar-refractivity contribution in [3.63, 3.8) is 0 Å². The number of amides is 2. The van der Waals surface area contributed by atoms with Gasteiger partial charge in [-0.15, -0.1) is 0 Å². The fraction of sp³-hybridized carbons (Fsp3) is 0.333. The average Bonchev–Trinajstić information content (AvgIpc) is 2.58. The lowest BCUT2D eigenvalue weighted by atomic mass is 9.96. The Morgan fingerprint density at radius 3 is 2.59 bits per heavy atom. The van der Waals surface area contributed by atoms with E-state index in [0.717, 1.165) is 16.8 Å². The van der Waals surface area contributed by atoms with Crippen LogP contribution in [0.1, 0.15) is 31.9 Å². The molecule has 1 aliphatic rings. The summed E-state index contributed by atoms with van der Waals surface area (Å²) in [5.74, 6) is -0.181. The minimum Gasteiger partial charge on any atom is -0.444 e. The van der Waals surface area contributed by atoms with E-state index in [9.17, 15) is 9.59 Å². The number of nitrogens with one attached hydrogen (secondary N) is 1. The van der Waals surface area contributed by atoms with Crippen LogP contribution in [-0.4, -0.2) is 23.6 Å². The van der Waals surface area contributed by atoms with Crippen molar-refractivity contribution in [3.8, 4) is 0 Å². The minimum atomic E-state index is -0.683. The molecule has 0 saturated carbocycles. The van der Waals surface area contributed by atoms with Gasteiger partial charge < -0.3 is 15.0 Å². The van der Waals surface area contributed by atoms with Gasteiger partial charge in [0.1, 0.15) is 11.6 Å². The van der Waals surface area contributed by atoms with Crippen LogP contribution in [0.15, 0.2) is 48.5 Å². The molecule has 1 heterocycles. The highest BCUT2D eigenvalue weighted by Gasteiger charge is 2.35. The Labute approximate surface area is 164 Å². The van der Waals surface area contributed by atoms with Crippen molar-refractivity contribution in [1.29, 1.82) is 0 Å². The summed E-state index contributed by atoms with van der Waals surface area (Å²) in [7, 11) is 0. The predicted molar refractivity (Wildman–Crippen MR) is 106 cm³/mol. The van der Waals surface area contributed by atoms with Crippen LogP contribution in [0.4, 0.5) is 10.5 Å². The zero-order chi connectivity index (χ0) is 19.6. The lowest BCUT2D eigenvalue weighted by Gasteiger charge is -2.35. The van der Waals surface area contributed by atoms with E-state index >= 15 is 0 Å². The summed E-state index contributed by atoms with van der Waals surface area (Å²) in [6.45, 7) is 5.76. The summed E-state index contributed by atoms with van der Waals surface area (Å²) >= 11 is 6.16. The van der Waals surface area contributed by atoms with E-state index in [1.807, 2.05) is 36.4 Å². The summed E-state index contributed by atoms with van der Waals surface area (Å²) in [6, 6.07) is 14.5. The maximum absolute atomic E-state index is 13.1. The van der Waals surface area contributed by atoms with Gasteiger partial charge in [-0.05, 0) is 44.0 Å². The van der Waals surface area contributed by atoms with Crippen molar-refractivity contribution in [1.82, 2.24) is 5.32 Å². The largest absolute Gasteiger partial charge is 0.444 e. The van der Waals surface area contributed by atoms with E-state index in [1.54, 1.807) is 37.8 Å². The van der Waals surface area contributed by atoms with E-state index < -0.39 is 17.7 Å². The molecule has 2 aromatic carbocycles. The monoisotopic (exact) mass is 386 g/mol. The molecule has 0 saturated heterocycles. The van der Waals surface area contributed by atoms with Crippen LogP contribution in [0.25, 0.3) is 0 Å². The minimum absolute atomic E-state index is 0.181. The van der Waals surface area contributed by atoms with Gasteiger partial charge >= 0.3 is 6.09 Å². The van der Waals surface area contributed by atoms with E-state index in [0.29, 0.717) is 18.0 Å². The van der Waals surface area contributed by atoms with Gasteiger partial charge in [-0.1, -0.05) is 48.0 Å². The zero-order valence-electron chi connectivity index (χ0n) is 15.7. The quantitative estimate of drug-likeness (QED) is 0.854. The fourth-order valence-corrected chi connectivity index (χ4v) is 3.23. The second kappa shape index (κ2) is 7.61. The number of fused-ring (bicyclic) bond motifs is 1. The van der Waals surface area contributed by atoms with Crippen LogP contribution in [-0.2, 0) is 22.5 Å². The summed E-state index contributed by atoms with van der Waals surface area (Å²) in [5.41, 5.74) is 2.10. The van der Waals surface area contributed by atoms with E-state index in [4.69, 9.17) is 16.3 Å². The molecule has 0 spiro atoms. The van der Waals surface area contributed by atoms with E-state index in [-0.39, 0.29) is 5.91 Å². The summed E-state index contributed by atoms with van der Waals surface area (Å²) in [6.07, 6.45) is -0.200. The number of halogens is 1. The molecule has 6 heteroatoms. The van der Waals surface area contributed by atoms with Gasteiger partial charge in [0.2, 0.25) is 5.91 Å². The Bertz CT molecular complexity index is 846. The highest BCUT2D eigenvalue weighted by Crippen LogP contribution is 2.32.